The first kappa shape index (κ1) is 31.2. The van der Waals surface area contributed by atoms with E-state index in [1.807, 2.05) is 53.2 Å². The second kappa shape index (κ2) is 12.4. The van der Waals surface area contributed by atoms with Gasteiger partial charge < -0.3 is 4.42 Å². The van der Waals surface area contributed by atoms with Crippen molar-refractivity contribution in [2.45, 2.75) is 5.41 Å². The first-order valence-corrected chi connectivity index (χ1v) is 18.5. The van der Waals surface area contributed by atoms with E-state index in [2.05, 4.69) is 146 Å². The Morgan fingerprint density at radius 1 is 0.455 bits per heavy atom. The predicted molar refractivity (Wildman–Crippen MR) is 220 cm³/mol. The van der Waals surface area contributed by atoms with Crippen molar-refractivity contribution in [3.05, 3.63) is 217 Å². The van der Waals surface area contributed by atoms with Crippen LogP contribution < -0.4 is 0 Å². The van der Waals surface area contributed by atoms with Crippen molar-refractivity contribution >= 4 is 16.7 Å². The van der Waals surface area contributed by atoms with Crippen LogP contribution in [0, 0.1) is 0 Å². The van der Waals surface area contributed by atoms with Gasteiger partial charge in [-0.15, -0.1) is 5.10 Å². The van der Waals surface area contributed by atoms with Gasteiger partial charge in [-0.25, -0.2) is 14.5 Å². The molecule has 3 aromatic heterocycles. The molecular formula is C50H32N4O. The van der Waals surface area contributed by atoms with Gasteiger partial charge in [0, 0.05) is 22.9 Å². The summed E-state index contributed by atoms with van der Waals surface area (Å²) in [5, 5.41) is 4.88. The average molecular weight is 705 g/mol. The predicted octanol–water partition coefficient (Wildman–Crippen LogP) is 11.9. The van der Waals surface area contributed by atoms with Crippen LogP contribution >= 0.6 is 0 Å². The summed E-state index contributed by atoms with van der Waals surface area (Å²) in [7, 11) is 0. The van der Waals surface area contributed by atoms with Gasteiger partial charge >= 0.3 is 0 Å². The largest absolute Gasteiger partial charge is 0.436 e. The third-order valence-electron chi connectivity index (χ3n) is 11.0. The summed E-state index contributed by atoms with van der Waals surface area (Å²) < 4.78 is 8.34. The molecule has 0 saturated heterocycles. The van der Waals surface area contributed by atoms with E-state index < -0.39 is 5.41 Å². The number of nitrogens with zero attached hydrogens (tertiary/aromatic N) is 4. The lowest BCUT2D eigenvalue weighted by molar-refractivity contribution is 0.618. The maximum absolute atomic E-state index is 6.47. The molecule has 5 nitrogen and oxygen atoms in total. The van der Waals surface area contributed by atoms with Crippen LogP contribution in [0.1, 0.15) is 22.3 Å². The van der Waals surface area contributed by atoms with Crippen molar-refractivity contribution < 1.29 is 4.42 Å². The van der Waals surface area contributed by atoms with Crippen molar-refractivity contribution in [2.24, 2.45) is 0 Å². The number of oxazole rings is 1. The van der Waals surface area contributed by atoms with Crippen molar-refractivity contribution in [1.29, 1.82) is 0 Å². The highest BCUT2D eigenvalue weighted by Crippen LogP contribution is 2.58. The molecule has 258 valence electrons. The second-order valence-electron chi connectivity index (χ2n) is 14.1. The highest BCUT2D eigenvalue weighted by atomic mass is 16.3. The third-order valence-corrected chi connectivity index (χ3v) is 11.0. The summed E-state index contributed by atoms with van der Waals surface area (Å²) in [6.07, 6.45) is 2.04. The molecule has 1 unspecified atom stereocenters. The number of pyridine rings is 1. The van der Waals surface area contributed by atoms with Crippen LogP contribution in [-0.4, -0.2) is 19.6 Å². The molecule has 5 heteroatoms. The molecule has 0 aliphatic heterocycles. The minimum atomic E-state index is -0.587. The minimum absolute atomic E-state index is 0.587. The lowest BCUT2D eigenvalue weighted by Gasteiger charge is -2.33. The lowest BCUT2D eigenvalue weighted by atomic mass is 9.67. The summed E-state index contributed by atoms with van der Waals surface area (Å²) in [5.41, 5.74) is 15.6. The Hall–Kier alpha value is -7.37. The first-order chi connectivity index (χ1) is 27.2. The molecule has 7 aromatic carbocycles. The molecular weight excluding hydrogens is 673 g/mol. The lowest BCUT2D eigenvalue weighted by Crippen LogP contribution is -2.28. The Bertz CT molecular complexity index is 3020. The zero-order valence-corrected chi connectivity index (χ0v) is 29.7. The first-order valence-electron chi connectivity index (χ1n) is 18.5. The topological polar surface area (TPSA) is 56.2 Å². The van der Waals surface area contributed by atoms with E-state index in [4.69, 9.17) is 19.5 Å². The summed E-state index contributed by atoms with van der Waals surface area (Å²) in [6.45, 7) is 0. The SMILES string of the molecule is c1ccc(-c2ccc3nc(-c4ccc(-c5cccc6c5-c5ccccc5C6(c5ccccc5)c5ccc6nc(-c7ccccc7)oc6c5)cc4)nn3c2)cc1. The molecule has 0 radical (unpaired) electrons. The smallest absolute Gasteiger partial charge is 0.227 e. The molecule has 0 N–H and O–H groups in total. The van der Waals surface area contributed by atoms with Gasteiger partial charge in [0.05, 0.1) is 5.41 Å². The summed E-state index contributed by atoms with van der Waals surface area (Å²) >= 11 is 0. The molecule has 1 aliphatic carbocycles. The summed E-state index contributed by atoms with van der Waals surface area (Å²) in [4.78, 5) is 9.74. The molecule has 1 atom stereocenters. The van der Waals surface area contributed by atoms with E-state index in [9.17, 15) is 0 Å². The summed E-state index contributed by atoms with van der Waals surface area (Å²) in [5.74, 6) is 1.32. The highest BCUT2D eigenvalue weighted by Gasteiger charge is 2.47. The fourth-order valence-electron chi connectivity index (χ4n) is 8.51. The van der Waals surface area contributed by atoms with E-state index >= 15 is 0 Å². The van der Waals surface area contributed by atoms with Gasteiger partial charge in [-0.05, 0) is 86.5 Å². The molecule has 55 heavy (non-hydrogen) atoms. The van der Waals surface area contributed by atoms with E-state index in [-0.39, 0.29) is 0 Å². The Morgan fingerprint density at radius 2 is 1.11 bits per heavy atom. The van der Waals surface area contributed by atoms with E-state index in [0.29, 0.717) is 11.7 Å². The molecule has 1 aliphatic rings. The molecule has 0 amide bonds. The standard InChI is InChI=1S/C50H32N4O/c1-4-13-33(14-5-1)37-27-30-46-52-48(53-54(46)32-37)35-25-23-34(24-26-35)40-20-12-22-43-47(40)41-19-10-11-21-42(41)50(43,38-17-8-3-9-18-38)39-28-29-44-45(31-39)55-49(51-44)36-15-6-2-7-16-36/h1-32H. The van der Waals surface area contributed by atoms with Gasteiger partial charge in [-0.2, -0.15) is 0 Å². The van der Waals surface area contributed by atoms with Crippen molar-refractivity contribution in [1.82, 2.24) is 19.6 Å². The zero-order valence-electron chi connectivity index (χ0n) is 29.7. The minimum Gasteiger partial charge on any atom is -0.436 e. The van der Waals surface area contributed by atoms with E-state index in [0.717, 1.165) is 50.1 Å². The van der Waals surface area contributed by atoms with Crippen LogP contribution in [0.25, 0.3) is 73.0 Å². The number of hydrogen-bond donors (Lipinski definition) is 0. The molecule has 0 fully saturated rings. The van der Waals surface area contributed by atoms with Crippen LogP contribution in [0.5, 0.6) is 0 Å². The third kappa shape index (κ3) is 4.90. The highest BCUT2D eigenvalue weighted by molar-refractivity contribution is 5.96. The number of aromatic nitrogens is 4. The van der Waals surface area contributed by atoms with Crippen molar-refractivity contribution in [3.8, 4) is 56.2 Å². The molecule has 0 saturated carbocycles. The number of hydrogen-bond acceptors (Lipinski definition) is 4. The number of rotatable bonds is 6. The Morgan fingerprint density at radius 3 is 1.91 bits per heavy atom. The molecule has 0 bridgehead atoms. The molecule has 10 aromatic rings. The fraction of sp³-hybridized carbons (Fsp3) is 0.0200. The maximum atomic E-state index is 6.47. The van der Waals surface area contributed by atoms with E-state index in [1.165, 1.54) is 33.4 Å². The quantitative estimate of drug-likeness (QED) is 0.173. The van der Waals surface area contributed by atoms with Crippen molar-refractivity contribution in [3.63, 3.8) is 0 Å². The van der Waals surface area contributed by atoms with Crippen LogP contribution in [0.15, 0.2) is 199 Å². The summed E-state index contributed by atoms with van der Waals surface area (Å²) in [6, 6.07) is 66.2. The second-order valence-corrected chi connectivity index (χ2v) is 14.1. The number of benzene rings is 7. The van der Waals surface area contributed by atoms with E-state index in [1.54, 1.807) is 0 Å². The van der Waals surface area contributed by atoms with Gasteiger partial charge in [0.1, 0.15) is 5.52 Å². The Balaban J connectivity index is 1.04. The molecule has 0 spiro atoms. The normalized spacial score (nSPS) is 14.6. The fourth-order valence-corrected chi connectivity index (χ4v) is 8.51. The maximum Gasteiger partial charge on any atom is 0.227 e. The van der Waals surface area contributed by atoms with Gasteiger partial charge in [-0.3, -0.25) is 0 Å². The Labute approximate surface area is 317 Å². The molecule has 3 heterocycles. The van der Waals surface area contributed by atoms with Gasteiger partial charge in [0.15, 0.2) is 17.1 Å². The van der Waals surface area contributed by atoms with Gasteiger partial charge in [0.25, 0.3) is 0 Å². The van der Waals surface area contributed by atoms with Crippen LogP contribution in [0.3, 0.4) is 0 Å². The van der Waals surface area contributed by atoms with Crippen LogP contribution in [-0.2, 0) is 5.41 Å². The van der Waals surface area contributed by atoms with Crippen LogP contribution in [0.2, 0.25) is 0 Å². The van der Waals surface area contributed by atoms with Crippen molar-refractivity contribution in [2.75, 3.05) is 0 Å². The average Bonchev–Trinajstić information content (AvgIpc) is 3.97. The van der Waals surface area contributed by atoms with Gasteiger partial charge in [-0.1, -0.05) is 152 Å². The zero-order chi connectivity index (χ0) is 36.3. The monoisotopic (exact) mass is 704 g/mol. The number of fused-ring (bicyclic) bond motifs is 5. The Kier molecular flexibility index (Phi) is 7.01. The van der Waals surface area contributed by atoms with Crippen LogP contribution in [0.4, 0.5) is 0 Å². The van der Waals surface area contributed by atoms with Gasteiger partial charge in [0.2, 0.25) is 5.89 Å². The molecule has 11 rings (SSSR count).